The molecule has 2 aromatic carbocycles. The topological polar surface area (TPSA) is 69.6 Å². The Bertz CT molecular complexity index is 2090. The van der Waals surface area contributed by atoms with Gasteiger partial charge in [-0.05, 0) is 77.8 Å². The van der Waals surface area contributed by atoms with Crippen LogP contribution in [-0.4, -0.2) is 32.6 Å². The zero-order valence-electron chi connectivity index (χ0n) is 26.8. The Labute approximate surface area is 279 Å². The molecule has 6 nitrogen and oxygen atoms in total. The first-order valence-electron chi connectivity index (χ1n) is 15.0. The van der Waals surface area contributed by atoms with Crippen LogP contribution in [0.25, 0.3) is 55.7 Å². The van der Waals surface area contributed by atoms with Gasteiger partial charge in [-0.3, -0.25) is 4.98 Å². The van der Waals surface area contributed by atoms with Gasteiger partial charge >= 0.3 is 0 Å². The molecule has 7 rings (SSSR count). The Balaban J connectivity index is 0.000000177. The summed E-state index contributed by atoms with van der Waals surface area (Å²) < 4.78 is 8.07. The van der Waals surface area contributed by atoms with Crippen molar-refractivity contribution in [3.05, 3.63) is 103 Å². The normalized spacial score (nSPS) is 11.6. The Kier molecular flexibility index (Phi) is 9.49. The van der Waals surface area contributed by atoms with Crippen LogP contribution in [0.3, 0.4) is 0 Å². The molecule has 0 fully saturated rings. The maximum Gasteiger partial charge on any atom is 0.216 e. The predicted octanol–water partition coefficient (Wildman–Crippen LogP) is 8.33. The number of nitrogens with zero attached hydrogens (tertiary/aromatic N) is 5. The van der Waals surface area contributed by atoms with Crippen LogP contribution in [-0.2, 0) is 33.6 Å². The number of aryl methyl sites for hydroxylation is 2. The fourth-order valence-electron chi connectivity index (χ4n) is 5.62. The van der Waals surface area contributed by atoms with E-state index in [0.29, 0.717) is 11.6 Å². The molecule has 8 heteroatoms. The Hall–Kier alpha value is -3.97. The minimum Gasteiger partial charge on any atom is -0.486 e. The van der Waals surface area contributed by atoms with E-state index in [4.69, 9.17) is 9.40 Å². The third kappa shape index (κ3) is 6.69. The number of pyridine rings is 3. The minimum absolute atomic E-state index is 0. The van der Waals surface area contributed by atoms with E-state index in [0.717, 1.165) is 62.1 Å². The number of aromatic nitrogens is 5. The fourth-order valence-corrected chi connectivity index (χ4v) is 7.21. The zero-order chi connectivity index (χ0) is 31.0. The molecule has 0 unspecified atom stereocenters. The first-order chi connectivity index (χ1) is 21.1. The van der Waals surface area contributed by atoms with E-state index in [1.54, 1.807) is 6.20 Å². The summed E-state index contributed by atoms with van der Waals surface area (Å²) in [6, 6.07) is 25.6. The van der Waals surface area contributed by atoms with Crippen LogP contribution in [0, 0.1) is 25.1 Å². The van der Waals surface area contributed by atoms with Crippen molar-refractivity contribution >= 4 is 46.4 Å². The summed E-state index contributed by atoms with van der Waals surface area (Å²) in [5, 5.41) is 3.38. The zero-order valence-corrected chi connectivity index (χ0v) is 30.2. The van der Waals surface area contributed by atoms with E-state index in [1.807, 2.05) is 73.1 Å². The summed E-state index contributed by atoms with van der Waals surface area (Å²) in [5.74, 6) is 1.45. The van der Waals surface area contributed by atoms with Gasteiger partial charge in [-0.2, -0.15) is 0 Å². The molecule has 231 valence electrons. The molecule has 0 spiro atoms. The van der Waals surface area contributed by atoms with Gasteiger partial charge in [0.05, 0.1) is 30.5 Å². The average Bonchev–Trinajstić information content (AvgIpc) is 3.54. The smallest absolute Gasteiger partial charge is 0.216 e. The van der Waals surface area contributed by atoms with Crippen LogP contribution in [0.4, 0.5) is 0 Å². The van der Waals surface area contributed by atoms with Crippen molar-refractivity contribution in [2.24, 2.45) is 13.0 Å². The van der Waals surface area contributed by atoms with Crippen molar-refractivity contribution in [1.29, 1.82) is 0 Å². The molecular formula is C37H37IrN5OSi-2. The molecule has 0 amide bonds. The quantitative estimate of drug-likeness (QED) is 0.130. The summed E-state index contributed by atoms with van der Waals surface area (Å²) >= 11 is 0. The van der Waals surface area contributed by atoms with Gasteiger partial charge in [0.25, 0.3) is 0 Å². The SMILES string of the molecule is CC(C)Cc1cc(-c2[c-]cccc2)ncc1[Si](C)(C)C.Cc1ccc2c(n1)oc1c(-c3nc4ccccc4n3C)[c-]ncc12.[Ir]. The van der Waals surface area contributed by atoms with E-state index >= 15 is 0 Å². The van der Waals surface area contributed by atoms with Gasteiger partial charge in [-0.15, -0.1) is 35.9 Å². The number of hydrogen-bond donors (Lipinski definition) is 0. The second kappa shape index (κ2) is 13.2. The largest absolute Gasteiger partial charge is 0.486 e. The summed E-state index contributed by atoms with van der Waals surface area (Å²) in [6.07, 6.45) is 8.06. The van der Waals surface area contributed by atoms with E-state index in [9.17, 15) is 0 Å². The maximum absolute atomic E-state index is 6.03. The fraction of sp³-hybridized carbons (Fsp3) is 0.243. The molecule has 0 bridgehead atoms. The van der Waals surface area contributed by atoms with Crippen LogP contribution in [0.2, 0.25) is 19.6 Å². The van der Waals surface area contributed by atoms with Crippen molar-refractivity contribution < 1.29 is 24.5 Å². The van der Waals surface area contributed by atoms with E-state index in [1.165, 1.54) is 10.8 Å². The number of rotatable bonds is 5. The Morgan fingerprint density at radius 2 is 1.71 bits per heavy atom. The second-order valence-electron chi connectivity index (χ2n) is 12.7. The molecule has 0 aliphatic rings. The van der Waals surface area contributed by atoms with Crippen molar-refractivity contribution in [1.82, 2.24) is 24.5 Å². The monoisotopic (exact) mass is 788 g/mol. The summed E-state index contributed by atoms with van der Waals surface area (Å²) in [4.78, 5) is 18.2. The summed E-state index contributed by atoms with van der Waals surface area (Å²) in [6.45, 7) is 13.7. The third-order valence-electron chi connectivity index (χ3n) is 7.75. The van der Waals surface area contributed by atoms with Crippen molar-refractivity contribution in [2.75, 3.05) is 0 Å². The molecule has 7 aromatic rings. The predicted molar refractivity (Wildman–Crippen MR) is 183 cm³/mol. The molecule has 0 aliphatic carbocycles. The van der Waals surface area contributed by atoms with Gasteiger partial charge in [0.1, 0.15) is 0 Å². The number of para-hydroxylation sites is 2. The molecule has 0 aliphatic heterocycles. The molecule has 0 N–H and O–H groups in total. The van der Waals surface area contributed by atoms with Crippen LogP contribution >= 0.6 is 0 Å². The maximum atomic E-state index is 6.03. The molecule has 5 heterocycles. The van der Waals surface area contributed by atoms with Crippen LogP contribution in [0.15, 0.2) is 83.5 Å². The van der Waals surface area contributed by atoms with Crippen molar-refractivity contribution in [3.8, 4) is 22.6 Å². The molecular weight excluding hydrogens is 751 g/mol. The first-order valence-corrected chi connectivity index (χ1v) is 18.5. The molecule has 5 aromatic heterocycles. The summed E-state index contributed by atoms with van der Waals surface area (Å²) in [5.41, 5.74) is 8.60. The van der Waals surface area contributed by atoms with Crippen molar-refractivity contribution in [3.63, 3.8) is 0 Å². The average molecular weight is 788 g/mol. The third-order valence-corrected chi connectivity index (χ3v) is 9.82. The molecule has 1 radical (unpaired) electrons. The van der Waals surface area contributed by atoms with Gasteiger partial charge in [-0.25, -0.2) is 4.98 Å². The van der Waals surface area contributed by atoms with Crippen LogP contribution in [0.5, 0.6) is 0 Å². The molecule has 0 saturated heterocycles. The number of furan rings is 1. The van der Waals surface area contributed by atoms with E-state index < -0.39 is 8.07 Å². The van der Waals surface area contributed by atoms with Gasteiger partial charge in [0.2, 0.25) is 5.71 Å². The van der Waals surface area contributed by atoms with Gasteiger partial charge in [0.15, 0.2) is 0 Å². The van der Waals surface area contributed by atoms with Gasteiger partial charge in [0, 0.05) is 44.4 Å². The second-order valence-corrected chi connectivity index (χ2v) is 17.8. The van der Waals surface area contributed by atoms with Gasteiger partial charge in [-0.1, -0.05) is 57.3 Å². The van der Waals surface area contributed by atoms with Crippen molar-refractivity contribution in [2.45, 2.75) is 46.8 Å². The van der Waals surface area contributed by atoms with Crippen LogP contribution < -0.4 is 5.19 Å². The standard InChI is InChI=1S/C19H13N4O.C18H24NSi.Ir/c1-11-7-8-12-13-9-20-10-14(17(13)24-19(12)21-11)18-22-15-5-3-4-6-16(15)23(18)2;1-14(2)11-16-12-17(15-9-7-6-8-10-15)19-13-18(16)20(3,4)5;/h3-9H,1-2H3;6-9,12-14H,11H2,1-5H3;/q2*-1;. The molecule has 0 atom stereocenters. The summed E-state index contributed by atoms with van der Waals surface area (Å²) in [7, 11) is 0.647. The number of fused-ring (bicyclic) bond motifs is 4. The number of benzene rings is 2. The first kappa shape index (κ1) is 32.4. The minimum atomic E-state index is -1.34. The van der Waals surface area contributed by atoms with E-state index in [-0.39, 0.29) is 20.1 Å². The molecule has 0 saturated carbocycles. The number of hydrogen-bond acceptors (Lipinski definition) is 5. The Morgan fingerprint density at radius 3 is 2.42 bits per heavy atom. The number of imidazole rings is 1. The Morgan fingerprint density at radius 1 is 0.933 bits per heavy atom. The van der Waals surface area contributed by atoms with Gasteiger partial charge < -0.3 is 19.0 Å². The molecule has 45 heavy (non-hydrogen) atoms. The van der Waals surface area contributed by atoms with E-state index in [2.05, 4.69) is 79.0 Å². The van der Waals surface area contributed by atoms with Crippen LogP contribution in [0.1, 0.15) is 25.1 Å².